The Balaban J connectivity index is 2.09. The molecule has 0 spiro atoms. The minimum atomic E-state index is -0.596. The predicted octanol–water partition coefficient (Wildman–Crippen LogP) is 5.58. The van der Waals surface area contributed by atoms with E-state index in [9.17, 15) is 5.21 Å². The van der Waals surface area contributed by atoms with Crippen molar-refractivity contribution in [2.24, 2.45) is 0 Å². The first kappa shape index (κ1) is 15.4. The van der Waals surface area contributed by atoms with E-state index in [1.165, 1.54) is 5.06 Å². The molecule has 0 aliphatic carbocycles. The van der Waals surface area contributed by atoms with E-state index < -0.39 is 11.1 Å². The lowest BCUT2D eigenvalue weighted by Crippen LogP contribution is -2.47. The lowest BCUT2D eigenvalue weighted by Gasteiger charge is -2.34. The molecule has 3 heteroatoms. The van der Waals surface area contributed by atoms with E-state index in [4.69, 9.17) is 4.42 Å². The number of hydrogen-bond donors (Lipinski definition) is 0. The Labute approximate surface area is 142 Å². The minimum Gasteiger partial charge on any atom is -0.455 e. The molecule has 24 heavy (non-hydrogen) atoms. The minimum absolute atomic E-state index is 0.521. The van der Waals surface area contributed by atoms with E-state index in [2.05, 4.69) is 31.2 Å². The Morgan fingerprint density at radius 1 is 0.875 bits per heavy atom. The molecule has 0 N–H and O–H groups in total. The number of para-hydroxylation sites is 2. The summed E-state index contributed by atoms with van der Waals surface area (Å²) >= 11 is 0. The summed E-state index contributed by atoms with van der Waals surface area (Å²) < 4.78 is 6.19. The molecule has 0 saturated carbocycles. The van der Waals surface area contributed by atoms with Gasteiger partial charge >= 0.3 is 0 Å². The van der Waals surface area contributed by atoms with Crippen LogP contribution in [0.15, 0.2) is 52.5 Å². The summed E-state index contributed by atoms with van der Waals surface area (Å²) in [6.45, 7) is 10.0. The van der Waals surface area contributed by atoms with Gasteiger partial charge in [0.25, 0.3) is 0 Å². The van der Waals surface area contributed by atoms with Crippen LogP contribution in [0.25, 0.3) is 27.5 Å². The predicted molar refractivity (Wildman–Crippen MR) is 97.0 cm³/mol. The van der Waals surface area contributed by atoms with Crippen molar-refractivity contribution in [3.05, 3.63) is 53.6 Å². The van der Waals surface area contributed by atoms with Crippen LogP contribution < -0.4 is 0 Å². The molecule has 0 fully saturated rings. The molecule has 4 rings (SSSR count). The van der Waals surface area contributed by atoms with Crippen LogP contribution in [0.2, 0.25) is 0 Å². The SMILES string of the molecule is CC1=C(c2cccc3c2oc2ccccc23)C(C)(C)N([O])C1(C)C. The highest BCUT2D eigenvalue weighted by Gasteiger charge is 2.51. The Morgan fingerprint density at radius 2 is 1.54 bits per heavy atom. The van der Waals surface area contributed by atoms with Gasteiger partial charge in [-0.05, 0) is 51.8 Å². The lowest BCUT2D eigenvalue weighted by atomic mass is 9.86. The third-order valence-corrected chi connectivity index (χ3v) is 5.59. The molecule has 0 amide bonds. The molecule has 1 radical (unpaired) electrons. The van der Waals surface area contributed by atoms with Gasteiger partial charge in [-0.1, -0.05) is 36.4 Å². The topological polar surface area (TPSA) is 36.3 Å². The van der Waals surface area contributed by atoms with Crippen molar-refractivity contribution in [2.45, 2.75) is 45.7 Å². The molecule has 0 atom stereocenters. The molecule has 123 valence electrons. The van der Waals surface area contributed by atoms with Gasteiger partial charge in [0.15, 0.2) is 0 Å². The normalized spacial score (nSPS) is 20.4. The summed E-state index contributed by atoms with van der Waals surface area (Å²) in [6.07, 6.45) is 0. The average molecular weight is 320 g/mol. The number of nitrogens with zero attached hydrogens (tertiary/aromatic N) is 1. The highest BCUT2D eigenvalue weighted by atomic mass is 16.5. The first-order chi connectivity index (χ1) is 11.3. The van der Waals surface area contributed by atoms with Crippen LogP contribution in [0.5, 0.6) is 0 Å². The third-order valence-electron chi connectivity index (χ3n) is 5.59. The first-order valence-electron chi connectivity index (χ1n) is 8.36. The second kappa shape index (κ2) is 4.71. The summed E-state index contributed by atoms with van der Waals surface area (Å²) in [6, 6.07) is 14.3. The van der Waals surface area contributed by atoms with Crippen molar-refractivity contribution >= 4 is 27.5 Å². The van der Waals surface area contributed by atoms with Crippen LogP contribution in [0.4, 0.5) is 0 Å². The monoisotopic (exact) mass is 320 g/mol. The van der Waals surface area contributed by atoms with Gasteiger partial charge < -0.3 is 4.42 Å². The van der Waals surface area contributed by atoms with Crippen LogP contribution >= 0.6 is 0 Å². The van der Waals surface area contributed by atoms with Gasteiger partial charge in [0, 0.05) is 16.3 Å². The van der Waals surface area contributed by atoms with Crippen molar-refractivity contribution in [2.75, 3.05) is 0 Å². The Kier molecular flexibility index (Phi) is 3.03. The lowest BCUT2D eigenvalue weighted by molar-refractivity contribution is -0.236. The summed E-state index contributed by atoms with van der Waals surface area (Å²) in [5.41, 5.74) is 3.84. The second-order valence-corrected chi connectivity index (χ2v) is 7.69. The highest BCUT2D eigenvalue weighted by molar-refractivity contribution is 6.08. The molecule has 0 unspecified atom stereocenters. The fourth-order valence-corrected chi connectivity index (χ4v) is 4.19. The maximum Gasteiger partial charge on any atom is 0.142 e. The molecule has 1 aliphatic rings. The van der Waals surface area contributed by atoms with Crippen LogP contribution in [0.3, 0.4) is 0 Å². The maximum atomic E-state index is 12.9. The molecular formula is C21H22NO2. The van der Waals surface area contributed by atoms with Gasteiger partial charge in [0.1, 0.15) is 11.2 Å². The van der Waals surface area contributed by atoms with Crippen LogP contribution in [-0.4, -0.2) is 16.1 Å². The van der Waals surface area contributed by atoms with Crippen LogP contribution in [-0.2, 0) is 5.21 Å². The Morgan fingerprint density at radius 3 is 2.21 bits per heavy atom. The van der Waals surface area contributed by atoms with Crippen molar-refractivity contribution in [1.82, 2.24) is 5.06 Å². The van der Waals surface area contributed by atoms with Gasteiger partial charge in [-0.3, -0.25) is 0 Å². The fourth-order valence-electron chi connectivity index (χ4n) is 4.19. The summed E-state index contributed by atoms with van der Waals surface area (Å²) in [5, 5.41) is 16.3. The quantitative estimate of drug-likeness (QED) is 0.587. The van der Waals surface area contributed by atoms with E-state index >= 15 is 0 Å². The van der Waals surface area contributed by atoms with Crippen molar-refractivity contribution in [1.29, 1.82) is 0 Å². The Hall–Kier alpha value is -2.10. The molecule has 1 aliphatic heterocycles. The molecular weight excluding hydrogens is 298 g/mol. The molecule has 3 aromatic rings. The zero-order valence-electron chi connectivity index (χ0n) is 14.8. The molecule has 3 nitrogen and oxygen atoms in total. The molecule has 2 aromatic carbocycles. The van der Waals surface area contributed by atoms with E-state index in [1.807, 2.05) is 45.9 Å². The van der Waals surface area contributed by atoms with Gasteiger partial charge in [0.2, 0.25) is 0 Å². The van der Waals surface area contributed by atoms with Gasteiger partial charge in [-0.25, -0.2) is 0 Å². The largest absolute Gasteiger partial charge is 0.455 e. The van der Waals surface area contributed by atoms with Crippen molar-refractivity contribution in [3.63, 3.8) is 0 Å². The fraction of sp³-hybridized carbons (Fsp3) is 0.333. The van der Waals surface area contributed by atoms with Crippen molar-refractivity contribution in [3.8, 4) is 0 Å². The number of furan rings is 1. The Bertz CT molecular complexity index is 991. The standard InChI is InChI=1S/C21H22NO2/c1-13-18(21(4,5)22(23)20(13,2)3)16-11-8-10-15-14-9-6-7-12-17(14)24-19(15)16/h6-12H,1-5H3. The number of fused-ring (bicyclic) bond motifs is 3. The van der Waals surface area contributed by atoms with Gasteiger partial charge in [-0.15, -0.1) is 10.3 Å². The molecule has 1 aromatic heterocycles. The number of hydrogen-bond acceptors (Lipinski definition) is 2. The van der Waals surface area contributed by atoms with E-state index in [0.717, 1.165) is 38.6 Å². The molecule has 0 saturated heterocycles. The van der Waals surface area contributed by atoms with E-state index in [-0.39, 0.29) is 0 Å². The van der Waals surface area contributed by atoms with Crippen LogP contribution in [0, 0.1) is 0 Å². The molecule has 2 heterocycles. The number of benzene rings is 2. The van der Waals surface area contributed by atoms with Gasteiger partial charge in [-0.2, -0.15) is 0 Å². The summed E-state index contributed by atoms with van der Waals surface area (Å²) in [7, 11) is 0. The van der Waals surface area contributed by atoms with E-state index in [1.54, 1.807) is 0 Å². The van der Waals surface area contributed by atoms with Crippen LogP contribution in [0.1, 0.15) is 40.2 Å². The average Bonchev–Trinajstić information content (AvgIpc) is 2.98. The number of rotatable bonds is 1. The van der Waals surface area contributed by atoms with Gasteiger partial charge in [0.05, 0.1) is 11.1 Å². The maximum absolute atomic E-state index is 12.9. The van der Waals surface area contributed by atoms with E-state index in [0.29, 0.717) is 0 Å². The zero-order valence-corrected chi connectivity index (χ0v) is 14.8. The number of hydroxylamine groups is 2. The first-order valence-corrected chi connectivity index (χ1v) is 8.36. The summed E-state index contributed by atoms with van der Waals surface area (Å²) in [4.78, 5) is 0. The molecule has 0 bridgehead atoms. The third kappa shape index (κ3) is 1.80. The highest BCUT2D eigenvalue weighted by Crippen LogP contribution is 2.50. The summed E-state index contributed by atoms with van der Waals surface area (Å²) in [5.74, 6) is 0. The second-order valence-electron chi connectivity index (χ2n) is 7.69. The van der Waals surface area contributed by atoms with Crippen molar-refractivity contribution < 1.29 is 9.62 Å². The zero-order chi connectivity index (χ0) is 17.3. The smallest absolute Gasteiger partial charge is 0.142 e.